The lowest BCUT2D eigenvalue weighted by Gasteiger charge is -1.86. The van der Waals surface area contributed by atoms with Gasteiger partial charge in [-0.05, 0) is 34.5 Å². The minimum absolute atomic E-state index is 0.436. The Hall–Kier alpha value is 0.135. The van der Waals surface area contributed by atoms with Crippen LogP contribution in [0.5, 0.6) is 0 Å². The molecule has 0 saturated heterocycles. The molecule has 1 heterocycles. The molecule has 0 aliphatic heterocycles. The maximum Gasteiger partial charge on any atom is 0.350 e. The average Bonchev–Trinajstić information content (AvgIpc) is 2.64. The zero-order chi connectivity index (χ0) is 9.14. The Morgan fingerprint density at radius 3 is 2.50 bits per heavy atom. The standard InChI is InChI=1S/C7H8BrNS.BF/c8-7-2-1-6(10-7)4-3-5(4)9;1-2/h1-2,4-5H,3,9H2;/t4-,5-;/m0./s1. The van der Waals surface area contributed by atoms with Crippen molar-refractivity contribution in [1.82, 2.24) is 0 Å². The Morgan fingerprint density at radius 1 is 1.58 bits per heavy atom. The third-order valence-electron chi connectivity index (χ3n) is 1.80. The molecular formula is C7H8BBrFNS. The van der Waals surface area contributed by atoms with Gasteiger partial charge in [0.25, 0.3) is 0 Å². The fraction of sp³-hybridized carbons (Fsp3) is 0.429. The SMILES string of the molecule is N[C@H]1C[C@@H]1c1ccc(Br)s1.[B]F. The number of rotatable bonds is 1. The highest BCUT2D eigenvalue weighted by atomic mass is 79.9. The Labute approximate surface area is 84.7 Å². The van der Waals surface area contributed by atoms with Crippen molar-refractivity contribution in [2.24, 2.45) is 5.73 Å². The van der Waals surface area contributed by atoms with Crippen LogP contribution in [0.2, 0.25) is 0 Å². The maximum atomic E-state index is 9.00. The van der Waals surface area contributed by atoms with Crippen LogP contribution in [0, 0.1) is 0 Å². The fourth-order valence-corrected chi connectivity index (χ4v) is 2.68. The normalized spacial score (nSPS) is 25.9. The Morgan fingerprint density at radius 2 is 2.17 bits per heavy atom. The zero-order valence-corrected chi connectivity index (χ0v) is 8.74. The summed E-state index contributed by atoms with van der Waals surface area (Å²) in [6.45, 7) is 0. The molecule has 1 fully saturated rings. The molecule has 0 unspecified atom stereocenters. The van der Waals surface area contributed by atoms with Crippen molar-refractivity contribution in [3.05, 3.63) is 20.8 Å². The van der Waals surface area contributed by atoms with Gasteiger partial charge in [-0.1, -0.05) is 0 Å². The van der Waals surface area contributed by atoms with Gasteiger partial charge in [-0.3, -0.25) is 0 Å². The smallest absolute Gasteiger partial charge is 0.350 e. The lowest BCUT2D eigenvalue weighted by Crippen LogP contribution is -1.99. The molecule has 2 rings (SSSR count). The van der Waals surface area contributed by atoms with Gasteiger partial charge >= 0.3 is 8.12 Å². The summed E-state index contributed by atoms with van der Waals surface area (Å²) < 4.78 is 10.2. The van der Waals surface area contributed by atoms with Crippen LogP contribution in [0.1, 0.15) is 17.2 Å². The molecule has 2 atom stereocenters. The zero-order valence-electron chi connectivity index (χ0n) is 6.34. The second-order valence-corrected chi connectivity index (χ2v) is 5.14. The number of hydrogen-bond acceptors (Lipinski definition) is 2. The van der Waals surface area contributed by atoms with Crippen LogP contribution in [-0.4, -0.2) is 14.2 Å². The first-order valence-electron chi connectivity index (χ1n) is 3.50. The van der Waals surface area contributed by atoms with Crippen molar-refractivity contribution in [2.45, 2.75) is 18.4 Å². The molecule has 0 bridgehead atoms. The highest BCUT2D eigenvalue weighted by molar-refractivity contribution is 9.11. The van der Waals surface area contributed by atoms with Crippen molar-refractivity contribution < 1.29 is 4.32 Å². The van der Waals surface area contributed by atoms with Gasteiger partial charge in [0, 0.05) is 16.8 Å². The van der Waals surface area contributed by atoms with Crippen LogP contribution in [0.3, 0.4) is 0 Å². The van der Waals surface area contributed by atoms with E-state index < -0.39 is 0 Å². The number of thiophene rings is 1. The van der Waals surface area contributed by atoms with Gasteiger partial charge < -0.3 is 10.0 Å². The third-order valence-corrected chi connectivity index (χ3v) is 3.55. The summed E-state index contributed by atoms with van der Waals surface area (Å²) in [5, 5.41) is 0. The molecule has 0 spiro atoms. The molecule has 12 heavy (non-hydrogen) atoms. The van der Waals surface area contributed by atoms with Crippen LogP contribution in [0.25, 0.3) is 0 Å². The van der Waals surface area contributed by atoms with Gasteiger partial charge in [0.1, 0.15) is 0 Å². The van der Waals surface area contributed by atoms with Crippen molar-refractivity contribution >= 4 is 35.4 Å². The van der Waals surface area contributed by atoms with E-state index in [0.29, 0.717) is 12.0 Å². The molecule has 0 amide bonds. The van der Waals surface area contributed by atoms with E-state index in [1.54, 1.807) is 11.3 Å². The van der Waals surface area contributed by atoms with Crippen LogP contribution in [-0.2, 0) is 0 Å². The summed E-state index contributed by atoms with van der Waals surface area (Å²) in [4.78, 5) is 1.43. The predicted molar refractivity (Wildman–Crippen MR) is 54.2 cm³/mol. The van der Waals surface area contributed by atoms with Gasteiger partial charge in [0.05, 0.1) is 3.79 Å². The molecule has 0 aromatic carbocycles. The number of hydrogen-bond donors (Lipinski definition) is 1. The molecule has 2 N–H and O–H groups in total. The summed E-state index contributed by atoms with van der Waals surface area (Å²) in [5.41, 5.74) is 5.70. The molecule has 1 saturated carbocycles. The van der Waals surface area contributed by atoms with Gasteiger partial charge in [-0.15, -0.1) is 11.3 Å². The average molecular weight is 248 g/mol. The monoisotopic (exact) mass is 247 g/mol. The third kappa shape index (κ3) is 2.31. The molecular weight excluding hydrogens is 240 g/mol. The Bertz CT molecular complexity index is 255. The molecule has 1 aromatic heterocycles. The van der Waals surface area contributed by atoms with Gasteiger partial charge in [0.15, 0.2) is 0 Å². The minimum atomic E-state index is 0.436. The van der Waals surface area contributed by atoms with E-state index in [9.17, 15) is 0 Å². The molecule has 1 aromatic rings. The van der Waals surface area contributed by atoms with E-state index in [0.717, 1.165) is 0 Å². The number of halogens is 2. The van der Waals surface area contributed by atoms with E-state index >= 15 is 0 Å². The summed E-state index contributed by atoms with van der Waals surface area (Å²) >= 11 is 5.22. The molecule has 1 aliphatic rings. The van der Waals surface area contributed by atoms with Gasteiger partial charge in [-0.2, -0.15) is 0 Å². The van der Waals surface area contributed by atoms with Crippen molar-refractivity contribution in [3.63, 3.8) is 0 Å². The van der Waals surface area contributed by atoms with E-state index in [-0.39, 0.29) is 0 Å². The topological polar surface area (TPSA) is 26.0 Å². The Balaban J connectivity index is 0.000000336. The van der Waals surface area contributed by atoms with Crippen molar-refractivity contribution in [2.75, 3.05) is 0 Å². The Kier molecular flexibility index (Phi) is 3.74. The van der Waals surface area contributed by atoms with Crippen molar-refractivity contribution in [1.29, 1.82) is 0 Å². The minimum Gasteiger partial charge on any atom is -0.350 e. The lowest BCUT2D eigenvalue weighted by atomic mass is 10.3. The first-order chi connectivity index (χ1) is 5.77. The summed E-state index contributed by atoms with van der Waals surface area (Å²) in [7, 11) is 3.00. The molecule has 2 radical (unpaired) electrons. The second kappa shape index (κ2) is 4.39. The first-order valence-corrected chi connectivity index (χ1v) is 5.11. The summed E-state index contributed by atoms with van der Waals surface area (Å²) in [6, 6.07) is 4.68. The van der Waals surface area contributed by atoms with Crippen LogP contribution < -0.4 is 5.73 Å². The summed E-state index contributed by atoms with van der Waals surface area (Å²) in [6.07, 6.45) is 1.17. The van der Waals surface area contributed by atoms with E-state index in [4.69, 9.17) is 10.0 Å². The van der Waals surface area contributed by atoms with Gasteiger partial charge in [0.2, 0.25) is 0 Å². The lowest BCUT2D eigenvalue weighted by molar-refractivity contribution is 0.902. The number of nitrogens with two attached hydrogens (primary N) is 1. The van der Waals surface area contributed by atoms with E-state index in [2.05, 4.69) is 36.2 Å². The van der Waals surface area contributed by atoms with Crippen molar-refractivity contribution in [3.8, 4) is 0 Å². The largest absolute Gasteiger partial charge is 0.350 e. The second-order valence-electron chi connectivity index (χ2n) is 2.65. The molecule has 1 nitrogen and oxygen atoms in total. The van der Waals surface area contributed by atoms with Crippen LogP contribution in [0.4, 0.5) is 4.32 Å². The van der Waals surface area contributed by atoms with Gasteiger partial charge in [-0.25, -0.2) is 0 Å². The quantitative estimate of drug-likeness (QED) is 0.758. The predicted octanol–water partition coefficient (Wildman–Crippen LogP) is 2.36. The van der Waals surface area contributed by atoms with E-state index in [1.165, 1.54) is 15.1 Å². The molecule has 64 valence electrons. The maximum absolute atomic E-state index is 9.00. The van der Waals surface area contributed by atoms with E-state index in [1.807, 2.05) is 0 Å². The molecule has 5 heteroatoms. The highest BCUT2D eigenvalue weighted by Crippen LogP contribution is 2.43. The van der Waals surface area contributed by atoms with Crippen LogP contribution in [0.15, 0.2) is 15.9 Å². The first kappa shape index (κ1) is 10.2. The highest BCUT2D eigenvalue weighted by Gasteiger charge is 2.35. The fourth-order valence-electron chi connectivity index (χ4n) is 1.07. The van der Waals surface area contributed by atoms with Crippen LogP contribution >= 0.6 is 27.3 Å². The summed E-state index contributed by atoms with van der Waals surface area (Å²) in [5.74, 6) is 0.663. The molecule has 1 aliphatic carbocycles.